The lowest BCUT2D eigenvalue weighted by Crippen LogP contribution is -1.92. The molecule has 64 valence electrons. The molecule has 0 saturated carbocycles. The molecule has 0 N–H and O–H groups in total. The highest BCUT2D eigenvalue weighted by molar-refractivity contribution is 9.10. The molecule has 0 radical (unpaired) electrons. The first kappa shape index (κ1) is 9.46. The molecule has 0 spiro atoms. The van der Waals surface area contributed by atoms with E-state index in [0.717, 1.165) is 16.3 Å². The maximum atomic E-state index is 10.3. The van der Waals surface area contributed by atoms with Gasteiger partial charge in [-0.2, -0.15) is 0 Å². The van der Waals surface area contributed by atoms with Crippen LogP contribution in [0.5, 0.6) is 0 Å². The van der Waals surface area contributed by atoms with Crippen LogP contribution in [-0.2, 0) is 11.2 Å². The first-order valence-electron chi connectivity index (χ1n) is 3.84. The third-order valence-corrected chi connectivity index (χ3v) is 2.77. The predicted octanol–water partition coefficient (Wildman–Crippen LogP) is 2.81. The molecule has 0 aliphatic carbocycles. The molecule has 0 saturated heterocycles. The molecule has 0 atom stereocenters. The van der Waals surface area contributed by atoms with Gasteiger partial charge in [0.15, 0.2) is 0 Å². The highest BCUT2D eigenvalue weighted by atomic mass is 79.9. The molecule has 12 heavy (non-hydrogen) atoms. The largest absolute Gasteiger partial charge is 0.303 e. The number of hydrogen-bond acceptors (Lipinski definition) is 1. The molecule has 0 unspecified atom stereocenters. The molecule has 1 aromatic rings. The summed E-state index contributed by atoms with van der Waals surface area (Å²) in [6.45, 7) is 4.07. The van der Waals surface area contributed by atoms with Gasteiger partial charge in [-0.25, -0.2) is 0 Å². The lowest BCUT2D eigenvalue weighted by molar-refractivity contribution is -0.107. The van der Waals surface area contributed by atoms with Crippen molar-refractivity contribution in [1.29, 1.82) is 0 Å². The molecule has 0 aliphatic rings. The van der Waals surface area contributed by atoms with Gasteiger partial charge in [-0.1, -0.05) is 22.0 Å². The van der Waals surface area contributed by atoms with Crippen LogP contribution in [0.4, 0.5) is 0 Å². The normalized spacial score (nSPS) is 9.92. The van der Waals surface area contributed by atoms with E-state index >= 15 is 0 Å². The lowest BCUT2D eigenvalue weighted by atomic mass is 10.0. The fraction of sp³-hybridized carbons (Fsp3) is 0.300. The molecule has 0 bridgehead atoms. The van der Waals surface area contributed by atoms with Gasteiger partial charge in [0.25, 0.3) is 0 Å². The SMILES string of the molecule is Cc1cc(C)c(CC=O)cc1Br. The van der Waals surface area contributed by atoms with Gasteiger partial charge in [0.05, 0.1) is 0 Å². The maximum absolute atomic E-state index is 10.3. The summed E-state index contributed by atoms with van der Waals surface area (Å²) in [4.78, 5) is 10.3. The molecule has 0 amide bonds. The Morgan fingerprint density at radius 1 is 1.33 bits per heavy atom. The number of hydrogen-bond donors (Lipinski definition) is 0. The Bertz CT molecular complexity index is 305. The molecular formula is C10H11BrO. The van der Waals surface area contributed by atoms with Crippen LogP contribution in [0.2, 0.25) is 0 Å². The van der Waals surface area contributed by atoms with Gasteiger partial charge in [0.2, 0.25) is 0 Å². The molecule has 1 rings (SSSR count). The zero-order valence-electron chi connectivity index (χ0n) is 7.23. The standard InChI is InChI=1S/C10H11BrO/c1-7-5-8(2)10(11)6-9(7)3-4-12/h4-6H,3H2,1-2H3. The smallest absolute Gasteiger partial charge is 0.124 e. The van der Waals surface area contributed by atoms with Crippen molar-refractivity contribution >= 4 is 22.2 Å². The highest BCUT2D eigenvalue weighted by Crippen LogP contribution is 2.20. The number of halogens is 1. The molecular weight excluding hydrogens is 216 g/mol. The van der Waals surface area contributed by atoms with Gasteiger partial charge >= 0.3 is 0 Å². The number of benzene rings is 1. The fourth-order valence-electron chi connectivity index (χ4n) is 1.18. The monoisotopic (exact) mass is 226 g/mol. The Labute approximate surface area is 80.9 Å². The Hall–Kier alpha value is -0.630. The number of carbonyl (C=O) groups is 1. The third kappa shape index (κ3) is 1.95. The molecule has 0 heterocycles. The van der Waals surface area contributed by atoms with Crippen LogP contribution in [0.3, 0.4) is 0 Å². The summed E-state index contributed by atoms with van der Waals surface area (Å²) in [6.07, 6.45) is 1.44. The minimum Gasteiger partial charge on any atom is -0.303 e. The van der Waals surface area contributed by atoms with Crippen molar-refractivity contribution < 1.29 is 4.79 Å². The van der Waals surface area contributed by atoms with Gasteiger partial charge in [0, 0.05) is 10.9 Å². The Balaban J connectivity index is 3.13. The van der Waals surface area contributed by atoms with Crippen LogP contribution in [0.15, 0.2) is 16.6 Å². The molecule has 1 nitrogen and oxygen atoms in total. The zero-order valence-corrected chi connectivity index (χ0v) is 8.81. The summed E-state index contributed by atoms with van der Waals surface area (Å²) in [5.74, 6) is 0. The number of rotatable bonds is 2. The Kier molecular flexibility index (Phi) is 3.04. The van der Waals surface area contributed by atoms with Crippen LogP contribution >= 0.6 is 15.9 Å². The maximum Gasteiger partial charge on any atom is 0.124 e. The summed E-state index contributed by atoms with van der Waals surface area (Å²) in [7, 11) is 0. The van der Waals surface area contributed by atoms with Crippen LogP contribution in [0.1, 0.15) is 16.7 Å². The second-order valence-electron chi connectivity index (χ2n) is 2.90. The fourth-order valence-corrected chi connectivity index (χ4v) is 1.57. The number of aryl methyl sites for hydroxylation is 2. The number of carbonyl (C=O) groups excluding carboxylic acids is 1. The van der Waals surface area contributed by atoms with Gasteiger partial charge in [-0.15, -0.1) is 0 Å². The first-order chi connectivity index (χ1) is 5.65. The third-order valence-electron chi connectivity index (χ3n) is 1.92. The van der Waals surface area contributed by atoms with Crippen LogP contribution in [-0.4, -0.2) is 6.29 Å². The molecule has 1 aromatic carbocycles. The van der Waals surface area contributed by atoms with Crippen molar-refractivity contribution in [3.8, 4) is 0 Å². The average molecular weight is 227 g/mol. The molecule has 0 fully saturated rings. The second kappa shape index (κ2) is 3.85. The van der Waals surface area contributed by atoms with E-state index in [1.165, 1.54) is 11.1 Å². The highest BCUT2D eigenvalue weighted by Gasteiger charge is 2.01. The van der Waals surface area contributed by atoms with Crippen molar-refractivity contribution in [2.24, 2.45) is 0 Å². The Morgan fingerprint density at radius 2 is 2.00 bits per heavy atom. The van der Waals surface area contributed by atoms with Crippen LogP contribution in [0, 0.1) is 13.8 Å². The number of aldehydes is 1. The van der Waals surface area contributed by atoms with Crippen LogP contribution in [0.25, 0.3) is 0 Å². The summed E-state index contributed by atoms with van der Waals surface area (Å²) >= 11 is 3.43. The lowest BCUT2D eigenvalue weighted by Gasteiger charge is -2.05. The summed E-state index contributed by atoms with van der Waals surface area (Å²) < 4.78 is 1.07. The van der Waals surface area contributed by atoms with Gasteiger partial charge in [0.1, 0.15) is 6.29 Å². The minimum absolute atomic E-state index is 0.505. The van der Waals surface area contributed by atoms with Gasteiger partial charge in [-0.05, 0) is 36.6 Å². The van der Waals surface area contributed by atoms with E-state index in [1.54, 1.807) is 0 Å². The van der Waals surface area contributed by atoms with Crippen molar-refractivity contribution in [2.45, 2.75) is 20.3 Å². The van der Waals surface area contributed by atoms with Crippen LogP contribution < -0.4 is 0 Å². The molecule has 0 aromatic heterocycles. The van der Waals surface area contributed by atoms with E-state index in [4.69, 9.17) is 0 Å². The summed E-state index contributed by atoms with van der Waals surface area (Å²) in [5, 5.41) is 0. The summed E-state index contributed by atoms with van der Waals surface area (Å²) in [5.41, 5.74) is 3.49. The minimum atomic E-state index is 0.505. The average Bonchev–Trinajstić information content (AvgIpc) is 2.01. The van der Waals surface area contributed by atoms with E-state index in [9.17, 15) is 4.79 Å². The Morgan fingerprint density at radius 3 is 2.58 bits per heavy atom. The van der Waals surface area contributed by atoms with Crippen molar-refractivity contribution in [3.63, 3.8) is 0 Å². The van der Waals surface area contributed by atoms with E-state index in [-0.39, 0.29) is 0 Å². The van der Waals surface area contributed by atoms with Gasteiger partial charge in [-0.3, -0.25) is 0 Å². The summed E-state index contributed by atoms with van der Waals surface area (Å²) in [6, 6.07) is 4.10. The molecule has 2 heteroatoms. The van der Waals surface area contributed by atoms with E-state index < -0.39 is 0 Å². The predicted molar refractivity (Wildman–Crippen MR) is 53.4 cm³/mol. The van der Waals surface area contributed by atoms with Crippen molar-refractivity contribution in [3.05, 3.63) is 33.3 Å². The van der Waals surface area contributed by atoms with E-state index in [0.29, 0.717) is 6.42 Å². The zero-order chi connectivity index (χ0) is 9.14. The van der Waals surface area contributed by atoms with Gasteiger partial charge < -0.3 is 4.79 Å². The van der Waals surface area contributed by atoms with E-state index in [2.05, 4.69) is 22.0 Å². The quantitative estimate of drug-likeness (QED) is 0.710. The van der Waals surface area contributed by atoms with Crippen molar-refractivity contribution in [2.75, 3.05) is 0 Å². The van der Waals surface area contributed by atoms with E-state index in [1.807, 2.05) is 19.9 Å². The first-order valence-corrected chi connectivity index (χ1v) is 4.63. The topological polar surface area (TPSA) is 17.1 Å². The molecule has 0 aliphatic heterocycles. The van der Waals surface area contributed by atoms with Crippen molar-refractivity contribution in [1.82, 2.24) is 0 Å². The second-order valence-corrected chi connectivity index (χ2v) is 3.75.